The Balaban J connectivity index is 1.18. The smallest absolute Gasteiger partial charge is 0.306 e. The third-order valence-corrected chi connectivity index (χ3v) is 14.2. The molecule has 2 atom stereocenters. The standard InChI is InChI=1S/C60H84O6/c1-55(2,3)45-35-41(36-46(51(45)63)56(4,5)6)43(39-27-19-17-20-28-39)31-23-25-33-49(61)65-53-59(13,14)54(60(53,15)16)66-50(62)34-26-24-32-44(40-29-21-18-22-30-40)42-37-47(57(7,8)9)52(64)48(38-42)58(10,11)12/h17-22,27-30,35-38,43-44,53-54,63-64H,23-26,31-34H2,1-16H3. The van der Waals surface area contributed by atoms with Crippen LogP contribution in [0.2, 0.25) is 0 Å². The Morgan fingerprint density at radius 1 is 0.470 bits per heavy atom. The van der Waals surface area contributed by atoms with E-state index in [4.69, 9.17) is 9.47 Å². The van der Waals surface area contributed by atoms with E-state index >= 15 is 0 Å². The average molecular weight is 901 g/mol. The molecule has 5 rings (SSSR count). The van der Waals surface area contributed by atoms with Gasteiger partial charge in [0.15, 0.2) is 0 Å². The van der Waals surface area contributed by atoms with Gasteiger partial charge in [-0.3, -0.25) is 9.59 Å². The highest BCUT2D eigenvalue weighted by molar-refractivity contribution is 5.71. The van der Waals surface area contributed by atoms with Crippen molar-refractivity contribution in [3.63, 3.8) is 0 Å². The molecule has 0 heterocycles. The van der Waals surface area contributed by atoms with Gasteiger partial charge in [0.2, 0.25) is 0 Å². The van der Waals surface area contributed by atoms with Gasteiger partial charge >= 0.3 is 11.9 Å². The van der Waals surface area contributed by atoms with E-state index in [0.717, 1.165) is 47.9 Å². The van der Waals surface area contributed by atoms with Crippen molar-refractivity contribution in [2.45, 2.75) is 208 Å². The summed E-state index contributed by atoms with van der Waals surface area (Å²) in [4.78, 5) is 27.0. The van der Waals surface area contributed by atoms with Gasteiger partial charge in [-0.15, -0.1) is 0 Å². The maximum atomic E-state index is 13.5. The normalized spacial score (nSPS) is 18.2. The van der Waals surface area contributed by atoms with Gasteiger partial charge in [0, 0.05) is 35.5 Å². The predicted octanol–water partition coefficient (Wildman–Crippen LogP) is 15.3. The van der Waals surface area contributed by atoms with Crippen molar-refractivity contribution in [3.05, 3.63) is 129 Å². The lowest BCUT2D eigenvalue weighted by molar-refractivity contribution is -0.268. The Morgan fingerprint density at radius 2 is 0.742 bits per heavy atom. The van der Waals surface area contributed by atoms with Gasteiger partial charge in [0.1, 0.15) is 23.7 Å². The number of ether oxygens (including phenoxy) is 2. The molecular weight excluding hydrogens is 817 g/mol. The summed E-state index contributed by atoms with van der Waals surface area (Å²) in [5.41, 5.74) is 6.62. The number of aromatic hydroxyl groups is 2. The van der Waals surface area contributed by atoms with Crippen molar-refractivity contribution in [3.8, 4) is 11.5 Å². The maximum Gasteiger partial charge on any atom is 0.306 e. The molecule has 2 N–H and O–H groups in total. The lowest BCUT2D eigenvalue weighted by atomic mass is 9.51. The van der Waals surface area contributed by atoms with Gasteiger partial charge in [-0.05, 0) is 91.9 Å². The van der Waals surface area contributed by atoms with Crippen LogP contribution in [0, 0.1) is 10.8 Å². The van der Waals surface area contributed by atoms with Crippen molar-refractivity contribution < 1.29 is 29.3 Å². The van der Waals surface area contributed by atoms with Crippen molar-refractivity contribution in [2.24, 2.45) is 10.8 Å². The molecule has 4 aromatic carbocycles. The van der Waals surface area contributed by atoms with E-state index in [1.165, 1.54) is 22.3 Å². The number of carbonyl (C=O) groups is 2. The molecule has 0 saturated heterocycles. The molecule has 4 aromatic rings. The second kappa shape index (κ2) is 19.9. The zero-order chi connectivity index (χ0) is 49.2. The Hall–Kier alpha value is -4.58. The van der Waals surface area contributed by atoms with Crippen LogP contribution in [0.15, 0.2) is 84.9 Å². The van der Waals surface area contributed by atoms with E-state index in [2.05, 4.69) is 156 Å². The molecule has 66 heavy (non-hydrogen) atoms. The molecule has 0 spiro atoms. The number of phenols is 2. The molecule has 1 saturated carbocycles. The molecule has 0 aliphatic heterocycles. The molecule has 0 amide bonds. The van der Waals surface area contributed by atoms with E-state index in [9.17, 15) is 19.8 Å². The van der Waals surface area contributed by atoms with Gasteiger partial charge in [-0.2, -0.15) is 0 Å². The summed E-state index contributed by atoms with van der Waals surface area (Å²) in [6.07, 6.45) is 4.62. The maximum absolute atomic E-state index is 13.5. The first-order valence-electron chi connectivity index (χ1n) is 24.7. The van der Waals surface area contributed by atoms with Crippen LogP contribution >= 0.6 is 0 Å². The highest BCUT2D eigenvalue weighted by Gasteiger charge is 2.66. The second-order valence-electron chi connectivity index (χ2n) is 24.7. The van der Waals surface area contributed by atoms with Crippen LogP contribution in [0.25, 0.3) is 0 Å². The number of benzene rings is 4. The summed E-state index contributed by atoms with van der Waals surface area (Å²) in [5.74, 6) is 0.542. The van der Waals surface area contributed by atoms with Crippen LogP contribution in [0.3, 0.4) is 0 Å². The van der Waals surface area contributed by atoms with Crippen LogP contribution in [0.4, 0.5) is 0 Å². The van der Waals surface area contributed by atoms with Crippen LogP contribution in [-0.2, 0) is 40.7 Å². The number of carbonyl (C=O) groups excluding carboxylic acids is 2. The molecule has 360 valence electrons. The molecule has 1 aliphatic rings. The lowest BCUT2D eigenvalue weighted by Crippen LogP contribution is -2.69. The van der Waals surface area contributed by atoms with Crippen LogP contribution in [0.1, 0.15) is 218 Å². The Bertz CT molecular complexity index is 2030. The second-order valence-corrected chi connectivity index (χ2v) is 24.7. The van der Waals surface area contributed by atoms with E-state index in [0.29, 0.717) is 37.2 Å². The number of rotatable bonds is 16. The summed E-state index contributed by atoms with van der Waals surface area (Å²) < 4.78 is 12.5. The molecule has 0 radical (unpaired) electrons. The third kappa shape index (κ3) is 12.1. The summed E-state index contributed by atoms with van der Waals surface area (Å²) in [7, 11) is 0. The fourth-order valence-electron chi connectivity index (χ4n) is 10.7. The number of esters is 2. The Morgan fingerprint density at radius 3 is 1.00 bits per heavy atom. The van der Waals surface area contributed by atoms with Gasteiger partial charge in [0.25, 0.3) is 0 Å². The van der Waals surface area contributed by atoms with Gasteiger partial charge in [-0.25, -0.2) is 0 Å². The summed E-state index contributed by atoms with van der Waals surface area (Å²) in [6, 6.07) is 29.8. The van der Waals surface area contributed by atoms with Gasteiger partial charge in [0.05, 0.1) is 0 Å². The Kier molecular flexibility index (Phi) is 15.8. The number of hydrogen-bond acceptors (Lipinski definition) is 6. The zero-order valence-corrected chi connectivity index (χ0v) is 43.6. The third-order valence-electron chi connectivity index (χ3n) is 14.2. The summed E-state index contributed by atoms with van der Waals surface area (Å²) >= 11 is 0. The van der Waals surface area contributed by atoms with Crippen LogP contribution < -0.4 is 0 Å². The largest absolute Gasteiger partial charge is 0.507 e. The quantitative estimate of drug-likeness (QED) is 0.0859. The predicted molar refractivity (Wildman–Crippen MR) is 272 cm³/mol. The first kappa shape index (κ1) is 52.4. The molecule has 0 bridgehead atoms. The first-order chi connectivity index (χ1) is 30.5. The monoisotopic (exact) mass is 901 g/mol. The van der Waals surface area contributed by atoms with Gasteiger partial charge < -0.3 is 19.7 Å². The minimum atomic E-state index is -0.533. The summed E-state index contributed by atoms with van der Waals surface area (Å²) in [5, 5.41) is 22.9. The van der Waals surface area contributed by atoms with Crippen molar-refractivity contribution in [1.29, 1.82) is 0 Å². The molecule has 2 unspecified atom stereocenters. The first-order valence-corrected chi connectivity index (χ1v) is 24.7. The van der Waals surface area contributed by atoms with Crippen LogP contribution in [0.5, 0.6) is 11.5 Å². The number of hydrogen-bond donors (Lipinski definition) is 2. The SMILES string of the molecule is CC(C)(C)c1cc(C(CCCCC(=O)OC2C(C)(C)C(OC(=O)CCCCC(c3ccccc3)c3cc(C(C)(C)C)c(O)c(C(C)(C)C)c3)C2(C)C)c2ccccc2)cc(C(C)(C)C)c1O. The van der Waals surface area contributed by atoms with E-state index < -0.39 is 10.8 Å². The average Bonchev–Trinajstić information content (AvgIpc) is 3.21. The molecule has 6 nitrogen and oxygen atoms in total. The molecule has 6 heteroatoms. The Labute approximate surface area is 399 Å². The molecule has 1 aliphatic carbocycles. The number of phenolic OH excluding ortho intramolecular Hbond substituents is 2. The van der Waals surface area contributed by atoms with E-state index in [1.54, 1.807) is 0 Å². The lowest BCUT2D eigenvalue weighted by Gasteiger charge is -2.61. The summed E-state index contributed by atoms with van der Waals surface area (Å²) in [6.45, 7) is 33.9. The van der Waals surface area contributed by atoms with Crippen molar-refractivity contribution >= 4 is 11.9 Å². The minimum Gasteiger partial charge on any atom is -0.507 e. The highest BCUT2D eigenvalue weighted by atomic mass is 16.6. The minimum absolute atomic E-state index is 0.109. The topological polar surface area (TPSA) is 93.1 Å². The highest BCUT2D eigenvalue weighted by Crippen LogP contribution is 2.57. The molecular formula is C60H84O6. The van der Waals surface area contributed by atoms with E-state index in [1.807, 2.05) is 39.8 Å². The number of unbranched alkanes of at least 4 members (excludes halogenated alkanes) is 2. The van der Waals surface area contributed by atoms with Crippen molar-refractivity contribution in [2.75, 3.05) is 0 Å². The van der Waals surface area contributed by atoms with Crippen LogP contribution in [-0.4, -0.2) is 34.4 Å². The molecule has 0 aromatic heterocycles. The molecule has 1 fully saturated rings. The van der Waals surface area contributed by atoms with Gasteiger partial charge in [-0.1, -0.05) is 209 Å². The van der Waals surface area contributed by atoms with E-state index in [-0.39, 0.29) is 57.6 Å². The fourth-order valence-corrected chi connectivity index (χ4v) is 10.7. The zero-order valence-electron chi connectivity index (χ0n) is 43.6. The van der Waals surface area contributed by atoms with Crippen molar-refractivity contribution in [1.82, 2.24) is 0 Å². The fraction of sp³-hybridized carbons (Fsp3) is 0.567.